The molecule has 1 aromatic rings. The third-order valence-corrected chi connectivity index (χ3v) is 14.6. The fourth-order valence-corrected chi connectivity index (χ4v) is 10.9. The molecule has 0 unspecified atom stereocenters. The van der Waals surface area contributed by atoms with Crippen molar-refractivity contribution >= 4 is 31.6 Å². The van der Waals surface area contributed by atoms with Crippen molar-refractivity contribution in [3.8, 4) is 0 Å². The van der Waals surface area contributed by atoms with Crippen molar-refractivity contribution in [2.45, 2.75) is 69.1 Å². The molecule has 1 rings (SSSR count). The Morgan fingerprint density at radius 3 is 2.12 bits per heavy atom. The van der Waals surface area contributed by atoms with Gasteiger partial charge in [0.2, 0.25) is 0 Å². The number of urea groups is 1. The second kappa shape index (κ2) is 8.94. The van der Waals surface area contributed by atoms with Crippen LogP contribution in [0.25, 0.3) is 0 Å². The van der Waals surface area contributed by atoms with Crippen molar-refractivity contribution in [1.29, 1.82) is 5.53 Å². The van der Waals surface area contributed by atoms with E-state index >= 15 is 0 Å². The van der Waals surface area contributed by atoms with Gasteiger partial charge in [-0.2, -0.15) is 19.6 Å². The summed E-state index contributed by atoms with van der Waals surface area (Å²) >= 11 is 0. The summed E-state index contributed by atoms with van der Waals surface area (Å²) < 4.78 is 0. The van der Waals surface area contributed by atoms with E-state index in [4.69, 9.17) is 5.53 Å². The maximum Gasteiger partial charge on any atom is 0.343 e. The van der Waals surface area contributed by atoms with E-state index < -0.39 is 15.1 Å². The summed E-state index contributed by atoms with van der Waals surface area (Å²) in [6.45, 7) is 16.0. The topological polar surface area (TPSA) is 68.6 Å². The van der Waals surface area contributed by atoms with E-state index in [1.54, 1.807) is 0 Å². The van der Waals surface area contributed by atoms with Gasteiger partial charge in [0, 0.05) is 17.6 Å². The Morgan fingerprint density at radius 1 is 1.16 bits per heavy atom. The molecule has 0 fully saturated rings. The predicted octanol–water partition coefficient (Wildman–Crippen LogP) is 6.44. The van der Waals surface area contributed by atoms with Gasteiger partial charge < -0.3 is 5.32 Å². The van der Waals surface area contributed by atoms with Crippen LogP contribution in [-0.2, 0) is 0 Å². The van der Waals surface area contributed by atoms with Crippen LogP contribution in [-0.4, -0.2) is 33.8 Å². The van der Waals surface area contributed by atoms with Crippen LogP contribution in [0.2, 0.25) is 0 Å². The number of carbonyl (C=O) groups excluding carboxylic acids is 1. The van der Waals surface area contributed by atoms with Crippen molar-refractivity contribution in [3.05, 3.63) is 23.8 Å². The van der Waals surface area contributed by atoms with Crippen molar-refractivity contribution < 1.29 is 4.79 Å². The smallest absolute Gasteiger partial charge is 0.306 e. The number of benzene rings is 1. The minimum atomic E-state index is -0.943. The highest BCUT2D eigenvalue weighted by Gasteiger charge is 2.36. The summed E-state index contributed by atoms with van der Waals surface area (Å²) in [5.41, 5.74) is 8.79. The zero-order valence-corrected chi connectivity index (χ0v) is 18.2. The van der Waals surface area contributed by atoms with Gasteiger partial charge in [-0.3, -0.25) is 0 Å². The summed E-state index contributed by atoms with van der Waals surface area (Å²) in [4.78, 5) is 13.2. The molecule has 0 heterocycles. The zero-order valence-electron chi connectivity index (χ0n) is 16.6. The molecule has 0 aliphatic heterocycles. The van der Waals surface area contributed by atoms with E-state index in [-0.39, 0.29) is 0 Å². The first-order valence-corrected chi connectivity index (χ1v) is 11.7. The monoisotopic (exact) mass is 384 g/mol. The predicted molar refractivity (Wildman–Crippen MR) is 112 cm³/mol. The lowest BCUT2D eigenvalue weighted by Gasteiger charge is -2.50. The van der Waals surface area contributed by atoms with Gasteiger partial charge in [-0.1, -0.05) is 63.6 Å². The molecule has 0 spiro atoms. The molecule has 0 aliphatic carbocycles. The Labute approximate surface area is 157 Å². The van der Waals surface area contributed by atoms with Crippen LogP contribution in [0.15, 0.2) is 28.3 Å². The number of rotatable bonds is 7. The Bertz CT molecular complexity index is 595. The van der Waals surface area contributed by atoms with Crippen LogP contribution >= 0.6 is 19.9 Å². The molecular formula is C18H32N4OS2. The lowest BCUT2D eigenvalue weighted by atomic mass is 10.2. The highest BCUT2D eigenvalue weighted by atomic mass is 33.2. The number of hydrogen-bond donors (Lipinski definition) is 2. The Balaban J connectivity index is 3.24. The van der Waals surface area contributed by atoms with Gasteiger partial charge in [0.05, 0.1) is 0 Å². The normalized spacial score (nSPS) is 12.6. The maximum absolute atomic E-state index is 12.0. The molecule has 7 heteroatoms. The number of carbonyl (C=O) groups is 1. The van der Waals surface area contributed by atoms with Gasteiger partial charge in [0.1, 0.15) is 0 Å². The third-order valence-electron chi connectivity index (χ3n) is 4.41. The Morgan fingerprint density at radius 2 is 1.68 bits per heavy atom. The van der Waals surface area contributed by atoms with Crippen LogP contribution < -0.4 is 5.32 Å². The molecular weight excluding hydrogens is 352 g/mol. The molecule has 0 saturated carbocycles. The first kappa shape index (κ1) is 21.8. The molecule has 5 nitrogen and oxygen atoms in total. The largest absolute Gasteiger partial charge is 0.343 e. The van der Waals surface area contributed by atoms with Gasteiger partial charge in [0.15, 0.2) is 0 Å². The van der Waals surface area contributed by atoms with Gasteiger partial charge in [-0.15, -0.1) is 0 Å². The standard InChI is InChI=1S/C18H32N4OS2/c1-12(2)25(13(3)4,14(5)6)24-17-11-9-10-16(15(17)7)20-18(23)22(8)21-19/h9-14,19H,1-8H3,(H,20,23). The second-order valence-corrected chi connectivity index (χ2v) is 14.0. The molecule has 2 N–H and O–H groups in total. The number of anilines is 1. The molecule has 25 heavy (non-hydrogen) atoms. The molecule has 0 aliphatic rings. The van der Waals surface area contributed by atoms with Crippen LogP contribution in [0.5, 0.6) is 0 Å². The second-order valence-electron chi connectivity index (χ2n) is 6.91. The molecule has 0 radical (unpaired) electrons. The third kappa shape index (κ3) is 4.70. The molecule has 142 valence electrons. The van der Waals surface area contributed by atoms with Gasteiger partial charge in [-0.25, -0.2) is 4.79 Å². The van der Waals surface area contributed by atoms with E-state index in [1.807, 2.05) is 29.9 Å². The van der Waals surface area contributed by atoms with E-state index in [2.05, 4.69) is 58.1 Å². The molecule has 0 bridgehead atoms. The first-order chi connectivity index (χ1) is 11.6. The fourth-order valence-electron chi connectivity index (χ4n) is 3.16. The van der Waals surface area contributed by atoms with Crippen molar-refractivity contribution in [1.82, 2.24) is 5.01 Å². The Hall–Kier alpha value is -1.21. The molecule has 0 saturated heterocycles. The molecule has 2 amide bonds. The number of hydrogen-bond acceptors (Lipinski definition) is 4. The lowest BCUT2D eigenvalue weighted by molar-refractivity contribution is 0.220. The summed E-state index contributed by atoms with van der Waals surface area (Å²) in [5.74, 6) is 0. The molecule has 0 aromatic heterocycles. The minimum absolute atomic E-state index is 0.407. The maximum atomic E-state index is 12.0. The molecule has 1 aromatic carbocycles. The summed E-state index contributed by atoms with van der Waals surface area (Å²) in [5, 5.41) is 8.76. The number of nitrogens with zero attached hydrogens (tertiary/aromatic N) is 2. The lowest BCUT2D eigenvalue weighted by Crippen LogP contribution is -2.27. The average molecular weight is 385 g/mol. The van der Waals surface area contributed by atoms with Crippen LogP contribution in [0.1, 0.15) is 47.1 Å². The number of nitrogens with one attached hydrogen (secondary N) is 2. The highest BCUT2D eigenvalue weighted by Crippen LogP contribution is 2.72. The van der Waals surface area contributed by atoms with Gasteiger partial charge in [-0.05, 0) is 40.4 Å². The fraction of sp³-hybridized carbons (Fsp3) is 0.611. The summed E-state index contributed by atoms with van der Waals surface area (Å²) in [7, 11) is 2.52. The van der Waals surface area contributed by atoms with E-state index in [0.717, 1.165) is 16.3 Å². The first-order valence-electron chi connectivity index (χ1n) is 8.58. The summed E-state index contributed by atoms with van der Waals surface area (Å²) in [6, 6.07) is 5.61. The van der Waals surface area contributed by atoms with E-state index in [1.165, 1.54) is 11.9 Å². The van der Waals surface area contributed by atoms with E-state index in [0.29, 0.717) is 15.7 Å². The van der Waals surface area contributed by atoms with Crippen LogP contribution in [0.4, 0.5) is 10.5 Å². The van der Waals surface area contributed by atoms with Crippen LogP contribution in [0.3, 0.4) is 0 Å². The van der Waals surface area contributed by atoms with Gasteiger partial charge in [0.25, 0.3) is 0 Å². The quantitative estimate of drug-likeness (QED) is 0.322. The van der Waals surface area contributed by atoms with Crippen molar-refractivity contribution in [2.24, 2.45) is 5.22 Å². The van der Waals surface area contributed by atoms with Crippen LogP contribution in [0, 0.1) is 12.5 Å². The number of amides is 2. The average Bonchev–Trinajstić information content (AvgIpc) is 2.53. The minimum Gasteiger partial charge on any atom is -0.306 e. The summed E-state index contributed by atoms with van der Waals surface area (Å²) in [6.07, 6.45) is 0. The highest BCUT2D eigenvalue weighted by molar-refractivity contribution is 8.94. The SMILES string of the molecule is Cc1c(NC(=O)N(C)N=N)cccc1SS(C(C)C)(C(C)C)C(C)C. The Kier molecular flexibility index (Phi) is 7.81. The van der Waals surface area contributed by atoms with E-state index in [9.17, 15) is 4.79 Å². The zero-order chi connectivity index (χ0) is 19.4. The van der Waals surface area contributed by atoms with Gasteiger partial charge >= 0.3 is 6.03 Å². The van der Waals surface area contributed by atoms with Crippen molar-refractivity contribution in [2.75, 3.05) is 12.4 Å². The molecule has 0 atom stereocenters. The van der Waals surface area contributed by atoms with Crippen molar-refractivity contribution in [3.63, 3.8) is 0 Å².